The first-order valence-electron chi connectivity index (χ1n) is 4.96. The quantitative estimate of drug-likeness (QED) is 0.676. The molecule has 0 bridgehead atoms. The van der Waals surface area contributed by atoms with E-state index in [9.17, 15) is 4.79 Å². The minimum Gasteiger partial charge on any atom is -0.344 e. The van der Waals surface area contributed by atoms with Crippen LogP contribution in [-0.4, -0.2) is 10.9 Å². The molecule has 1 N–H and O–H groups in total. The van der Waals surface area contributed by atoms with Gasteiger partial charge in [-0.15, -0.1) is 0 Å². The fourth-order valence-electron chi connectivity index (χ4n) is 1.84. The summed E-state index contributed by atoms with van der Waals surface area (Å²) < 4.78 is 0. The number of benzene rings is 1. The number of nitrogens with one attached hydrogen (secondary N) is 1. The largest absolute Gasteiger partial charge is 0.344 e. The van der Waals surface area contributed by atoms with Crippen molar-refractivity contribution in [3.8, 4) is 0 Å². The highest BCUT2D eigenvalue weighted by molar-refractivity contribution is 5.98. The van der Waals surface area contributed by atoms with Gasteiger partial charge in [0.05, 0.1) is 11.2 Å². The molecule has 0 atom stereocenters. The summed E-state index contributed by atoms with van der Waals surface area (Å²) in [5.74, 6) is 1.85. The summed E-state index contributed by atoms with van der Waals surface area (Å²) >= 11 is 0. The number of fused-ring (bicyclic) bond motifs is 3. The lowest BCUT2D eigenvalue weighted by Crippen LogP contribution is -2.04. The minimum absolute atomic E-state index is 0.436. The molecule has 3 heteroatoms. The molecule has 0 aliphatic carbocycles. The third-order valence-electron chi connectivity index (χ3n) is 2.61. The Morgan fingerprint density at radius 2 is 2.12 bits per heavy atom. The predicted octanol–water partition coefficient (Wildman–Crippen LogP) is 2.39. The van der Waals surface area contributed by atoms with Gasteiger partial charge >= 0.3 is 0 Å². The molecule has 0 amide bonds. The lowest BCUT2D eigenvalue weighted by Gasteiger charge is -2.15. The van der Waals surface area contributed by atoms with Gasteiger partial charge in [0.2, 0.25) is 0 Å². The highest BCUT2D eigenvalue weighted by atomic mass is 16.1. The smallest absolute Gasteiger partial charge is 0.150 e. The van der Waals surface area contributed by atoms with E-state index in [1.165, 1.54) is 0 Å². The van der Waals surface area contributed by atoms with Crippen molar-refractivity contribution in [2.24, 2.45) is 0 Å². The van der Waals surface area contributed by atoms with Gasteiger partial charge in [-0.3, -0.25) is 4.98 Å². The molecule has 0 fully saturated rings. The molecule has 1 aliphatic heterocycles. The Balaban J connectivity index is 2.35. The van der Waals surface area contributed by atoms with Crippen molar-refractivity contribution in [2.45, 2.75) is 0 Å². The zero-order chi connectivity index (χ0) is 11.0. The molecule has 3 nitrogen and oxygen atoms in total. The average molecular weight is 208 g/mol. The second-order valence-corrected chi connectivity index (χ2v) is 3.58. The van der Waals surface area contributed by atoms with Crippen LogP contribution in [0.2, 0.25) is 0 Å². The SMILES string of the molecule is O=C=C1C=Cc2ccc3cccnc3c2N1. The number of aromatic nitrogens is 1. The molecule has 16 heavy (non-hydrogen) atoms. The first-order valence-corrected chi connectivity index (χ1v) is 4.96. The Morgan fingerprint density at radius 3 is 3.00 bits per heavy atom. The molecule has 2 heterocycles. The topological polar surface area (TPSA) is 42.0 Å². The van der Waals surface area contributed by atoms with Gasteiger partial charge in [-0.2, -0.15) is 0 Å². The van der Waals surface area contributed by atoms with Gasteiger partial charge in [0.25, 0.3) is 0 Å². The summed E-state index contributed by atoms with van der Waals surface area (Å²) in [5.41, 5.74) is 3.21. The Morgan fingerprint density at radius 1 is 1.19 bits per heavy atom. The fourth-order valence-corrected chi connectivity index (χ4v) is 1.84. The molecule has 0 spiro atoms. The Hall–Kier alpha value is -2.38. The summed E-state index contributed by atoms with van der Waals surface area (Å²) in [5, 5.41) is 4.08. The highest BCUT2D eigenvalue weighted by Gasteiger charge is 2.11. The maximum Gasteiger partial charge on any atom is 0.150 e. The van der Waals surface area contributed by atoms with E-state index in [2.05, 4.69) is 10.3 Å². The molecule has 2 aromatic rings. The normalized spacial score (nSPS) is 13.1. The number of rotatable bonds is 0. The standard InChI is InChI=1S/C13H8N2O/c16-8-11-6-5-10-4-3-9-2-1-7-14-12(9)13(10)15-11/h1-7,15H. The van der Waals surface area contributed by atoms with E-state index in [1.54, 1.807) is 12.3 Å². The summed E-state index contributed by atoms with van der Waals surface area (Å²) in [6.07, 6.45) is 5.34. The molecule has 0 radical (unpaired) electrons. The first-order chi connectivity index (χ1) is 7.88. The summed E-state index contributed by atoms with van der Waals surface area (Å²) in [6, 6.07) is 7.91. The van der Waals surface area contributed by atoms with Crippen LogP contribution in [0.1, 0.15) is 5.56 Å². The number of hydrogen-bond donors (Lipinski definition) is 1. The van der Waals surface area contributed by atoms with Crippen LogP contribution in [0.3, 0.4) is 0 Å². The predicted molar refractivity (Wildman–Crippen MR) is 63.6 cm³/mol. The van der Waals surface area contributed by atoms with E-state index in [-0.39, 0.29) is 0 Å². The molecule has 0 unspecified atom stereocenters. The molecule has 1 aliphatic rings. The van der Waals surface area contributed by atoms with Crippen molar-refractivity contribution in [3.63, 3.8) is 0 Å². The van der Waals surface area contributed by atoms with Crippen LogP contribution in [0.4, 0.5) is 5.69 Å². The van der Waals surface area contributed by atoms with Crippen molar-refractivity contribution >= 4 is 28.6 Å². The van der Waals surface area contributed by atoms with Crippen LogP contribution < -0.4 is 5.32 Å². The number of anilines is 1. The van der Waals surface area contributed by atoms with Crippen molar-refractivity contribution < 1.29 is 4.79 Å². The summed E-state index contributed by atoms with van der Waals surface area (Å²) in [6.45, 7) is 0. The van der Waals surface area contributed by atoms with Crippen LogP contribution >= 0.6 is 0 Å². The Kier molecular flexibility index (Phi) is 1.85. The third-order valence-corrected chi connectivity index (χ3v) is 2.61. The number of carbonyl (C=O) groups excluding carboxylic acids is 1. The molecule has 76 valence electrons. The van der Waals surface area contributed by atoms with Crippen LogP contribution in [0.25, 0.3) is 17.0 Å². The van der Waals surface area contributed by atoms with E-state index < -0.39 is 0 Å². The highest BCUT2D eigenvalue weighted by Crippen LogP contribution is 2.30. The number of allylic oxidation sites excluding steroid dienone is 1. The first kappa shape index (κ1) is 8.89. The molecule has 0 saturated carbocycles. The number of nitrogens with zero attached hydrogens (tertiary/aromatic N) is 1. The zero-order valence-electron chi connectivity index (χ0n) is 8.40. The van der Waals surface area contributed by atoms with E-state index in [4.69, 9.17) is 0 Å². The van der Waals surface area contributed by atoms with Gasteiger partial charge in [0, 0.05) is 17.1 Å². The lowest BCUT2D eigenvalue weighted by molar-refractivity contribution is 0.568. The lowest BCUT2D eigenvalue weighted by atomic mass is 10.0. The second kappa shape index (κ2) is 3.33. The molecule has 1 aromatic carbocycles. The molecule has 3 rings (SSSR count). The number of hydrogen-bond acceptors (Lipinski definition) is 3. The molecule has 1 aromatic heterocycles. The fraction of sp³-hybridized carbons (Fsp3) is 0. The van der Waals surface area contributed by atoms with Crippen molar-refractivity contribution in [2.75, 3.05) is 5.32 Å². The van der Waals surface area contributed by atoms with Gasteiger partial charge < -0.3 is 5.32 Å². The maximum atomic E-state index is 10.6. The summed E-state index contributed by atoms with van der Waals surface area (Å²) in [4.78, 5) is 14.9. The van der Waals surface area contributed by atoms with E-state index in [1.807, 2.05) is 36.3 Å². The molecular weight excluding hydrogens is 200 g/mol. The van der Waals surface area contributed by atoms with Gasteiger partial charge in [-0.1, -0.05) is 18.2 Å². The van der Waals surface area contributed by atoms with Crippen LogP contribution in [0, 0.1) is 0 Å². The molecule has 0 saturated heterocycles. The zero-order valence-corrected chi connectivity index (χ0v) is 8.40. The Labute approximate surface area is 92.1 Å². The van der Waals surface area contributed by atoms with Crippen molar-refractivity contribution in [3.05, 3.63) is 47.8 Å². The van der Waals surface area contributed by atoms with Crippen LogP contribution in [0.15, 0.2) is 42.2 Å². The van der Waals surface area contributed by atoms with Crippen molar-refractivity contribution in [1.82, 2.24) is 4.98 Å². The van der Waals surface area contributed by atoms with E-state index in [0.717, 1.165) is 22.2 Å². The van der Waals surface area contributed by atoms with Gasteiger partial charge in [0.1, 0.15) is 5.70 Å². The molecular formula is C13H8N2O. The second-order valence-electron chi connectivity index (χ2n) is 3.58. The third kappa shape index (κ3) is 1.23. The maximum absolute atomic E-state index is 10.6. The monoisotopic (exact) mass is 208 g/mol. The average Bonchev–Trinajstić information content (AvgIpc) is 2.38. The number of pyridine rings is 1. The summed E-state index contributed by atoms with van der Waals surface area (Å²) in [7, 11) is 0. The van der Waals surface area contributed by atoms with Gasteiger partial charge in [-0.05, 0) is 18.2 Å². The van der Waals surface area contributed by atoms with Crippen molar-refractivity contribution in [1.29, 1.82) is 0 Å². The van der Waals surface area contributed by atoms with E-state index in [0.29, 0.717) is 5.70 Å². The van der Waals surface area contributed by atoms with Crippen LogP contribution in [0.5, 0.6) is 0 Å². The minimum atomic E-state index is 0.436. The van der Waals surface area contributed by atoms with Crippen LogP contribution in [-0.2, 0) is 4.79 Å². The Bertz CT molecular complexity index is 652. The van der Waals surface area contributed by atoms with E-state index >= 15 is 0 Å². The van der Waals surface area contributed by atoms with Gasteiger partial charge in [0.15, 0.2) is 5.94 Å². The van der Waals surface area contributed by atoms with Gasteiger partial charge in [-0.25, -0.2) is 4.79 Å².